The molecule has 0 aliphatic rings. The molecule has 0 aromatic heterocycles. The summed E-state index contributed by atoms with van der Waals surface area (Å²) in [4.78, 5) is 25.2. The number of phosphoric ester groups is 1. The van der Waals surface area contributed by atoms with Crippen molar-refractivity contribution in [2.45, 2.75) is 264 Å². The summed E-state index contributed by atoms with van der Waals surface area (Å²) in [6, 6.07) is 0. The predicted molar refractivity (Wildman–Crippen MR) is 259 cm³/mol. The van der Waals surface area contributed by atoms with E-state index in [0.717, 1.165) is 32.1 Å². The van der Waals surface area contributed by atoms with E-state index in [0.29, 0.717) is 24.1 Å². The van der Waals surface area contributed by atoms with Crippen LogP contribution in [0.2, 0.25) is 0 Å². The summed E-state index contributed by atoms with van der Waals surface area (Å²) in [5.74, 6) is -0.332. The Morgan fingerprint density at radius 2 is 0.852 bits per heavy atom. The first-order valence-electron chi connectivity index (χ1n) is 26.4. The van der Waals surface area contributed by atoms with Gasteiger partial charge in [0.1, 0.15) is 19.3 Å². The van der Waals surface area contributed by atoms with Gasteiger partial charge in [-0.25, -0.2) is 0 Å². The smallest absolute Gasteiger partial charge is 0.306 e. The zero-order chi connectivity index (χ0) is 44.8. The van der Waals surface area contributed by atoms with Crippen molar-refractivity contribution >= 4 is 13.8 Å². The Labute approximate surface area is 380 Å². The highest BCUT2D eigenvalue weighted by atomic mass is 31.2. The molecular weight excluding hydrogens is 782 g/mol. The van der Waals surface area contributed by atoms with Crippen LogP contribution in [0.5, 0.6) is 0 Å². The third-order valence-corrected chi connectivity index (χ3v) is 12.8. The van der Waals surface area contributed by atoms with Gasteiger partial charge in [-0.2, -0.15) is 0 Å². The number of unbranched alkanes of at least 4 members (excludes halogenated alkanes) is 34. The summed E-state index contributed by atoms with van der Waals surface area (Å²) in [5.41, 5.74) is 0. The van der Waals surface area contributed by atoms with Gasteiger partial charge in [-0.15, -0.1) is 0 Å². The molecule has 0 aliphatic carbocycles. The molecule has 0 rings (SSSR count). The van der Waals surface area contributed by atoms with Crippen LogP contribution in [-0.4, -0.2) is 70.7 Å². The molecule has 0 N–H and O–H groups in total. The SMILES string of the molecule is CCCCCCCCC/C=C\CCCCCCCCCC(=O)OC(COCCCCCCCCCCCCCCCCCCCCCCC)COP(=O)([O-])OCC[N+](C)(C)C. The molecule has 8 nitrogen and oxygen atoms in total. The lowest BCUT2D eigenvalue weighted by atomic mass is 10.0. The molecule has 0 bridgehead atoms. The van der Waals surface area contributed by atoms with Crippen LogP contribution in [0, 0.1) is 0 Å². The van der Waals surface area contributed by atoms with E-state index in [2.05, 4.69) is 26.0 Å². The van der Waals surface area contributed by atoms with Crippen LogP contribution in [0.3, 0.4) is 0 Å². The molecule has 2 unspecified atom stereocenters. The minimum absolute atomic E-state index is 0.0289. The van der Waals surface area contributed by atoms with Gasteiger partial charge in [0.05, 0.1) is 34.4 Å². The number of quaternary nitrogens is 1. The Kier molecular flexibility index (Phi) is 45.2. The fraction of sp³-hybridized carbons (Fsp3) is 0.942. The van der Waals surface area contributed by atoms with Gasteiger partial charge < -0.3 is 27.9 Å². The number of phosphoric acid groups is 1. The van der Waals surface area contributed by atoms with Crippen molar-refractivity contribution in [3.63, 3.8) is 0 Å². The number of rotatable bonds is 50. The van der Waals surface area contributed by atoms with Crippen LogP contribution in [0.4, 0.5) is 0 Å². The monoisotopic (exact) mass is 886 g/mol. The third kappa shape index (κ3) is 50.1. The number of carbonyl (C=O) groups is 1. The van der Waals surface area contributed by atoms with E-state index in [1.807, 2.05) is 21.1 Å². The van der Waals surface area contributed by atoms with Gasteiger partial charge in [-0.1, -0.05) is 225 Å². The molecule has 0 aromatic rings. The van der Waals surface area contributed by atoms with Gasteiger partial charge in [0.25, 0.3) is 7.82 Å². The third-order valence-electron chi connectivity index (χ3n) is 11.8. The Morgan fingerprint density at radius 3 is 1.25 bits per heavy atom. The first-order chi connectivity index (χ1) is 29.6. The largest absolute Gasteiger partial charge is 0.756 e. The Hall–Kier alpha value is -0.760. The first kappa shape index (κ1) is 60.2. The number of ether oxygens (including phenoxy) is 2. The van der Waals surface area contributed by atoms with Crippen LogP contribution in [0.15, 0.2) is 12.2 Å². The average Bonchev–Trinajstić information content (AvgIpc) is 3.22. The second kappa shape index (κ2) is 45.8. The van der Waals surface area contributed by atoms with E-state index in [4.69, 9.17) is 18.5 Å². The van der Waals surface area contributed by atoms with Crippen LogP contribution in [0.1, 0.15) is 258 Å². The number of hydrogen-bond acceptors (Lipinski definition) is 7. The molecule has 0 saturated carbocycles. The van der Waals surface area contributed by atoms with E-state index < -0.39 is 13.9 Å². The standard InChI is InChI=1S/C52H104NO7P/c1-6-8-10-12-14-16-18-20-22-24-26-27-28-30-32-34-36-38-40-42-44-47-57-49-51(50-59-61(55,56)58-48-46-53(3,4)5)60-52(54)45-43-41-39-37-35-33-31-29-25-23-21-19-17-15-13-11-9-7-2/h23,25,51H,6-22,24,26-50H2,1-5H3/b25-23-. The highest BCUT2D eigenvalue weighted by Crippen LogP contribution is 2.38. The predicted octanol–water partition coefficient (Wildman–Crippen LogP) is 15.5. The van der Waals surface area contributed by atoms with E-state index in [9.17, 15) is 14.3 Å². The summed E-state index contributed by atoms with van der Waals surface area (Å²) >= 11 is 0. The van der Waals surface area contributed by atoms with Gasteiger partial charge in [0, 0.05) is 13.0 Å². The second-order valence-electron chi connectivity index (χ2n) is 19.2. The molecule has 9 heteroatoms. The maximum atomic E-state index is 12.7. The number of nitrogens with zero attached hydrogens (tertiary/aromatic N) is 1. The van der Waals surface area contributed by atoms with E-state index >= 15 is 0 Å². The summed E-state index contributed by atoms with van der Waals surface area (Å²) in [7, 11) is 1.37. The molecule has 0 amide bonds. The lowest BCUT2D eigenvalue weighted by molar-refractivity contribution is -0.870. The normalized spacial score (nSPS) is 13.6. The molecule has 61 heavy (non-hydrogen) atoms. The minimum atomic E-state index is -4.53. The quantitative estimate of drug-likeness (QED) is 0.0197. The average molecular weight is 886 g/mol. The van der Waals surface area contributed by atoms with Gasteiger partial charge in [-0.05, 0) is 38.5 Å². The number of carbonyl (C=O) groups excluding carboxylic acids is 1. The summed E-state index contributed by atoms with van der Waals surface area (Å²) in [6.45, 7) is 5.47. The van der Waals surface area contributed by atoms with Crippen LogP contribution in [0.25, 0.3) is 0 Å². The maximum absolute atomic E-state index is 12.7. The topological polar surface area (TPSA) is 94.1 Å². The fourth-order valence-corrected chi connectivity index (χ4v) is 8.45. The van der Waals surface area contributed by atoms with Gasteiger partial charge >= 0.3 is 5.97 Å². The van der Waals surface area contributed by atoms with E-state index in [-0.39, 0.29) is 25.8 Å². The van der Waals surface area contributed by atoms with Crippen molar-refractivity contribution in [2.24, 2.45) is 0 Å². The minimum Gasteiger partial charge on any atom is -0.756 e. The van der Waals surface area contributed by atoms with Crippen molar-refractivity contribution < 1.29 is 37.3 Å². The molecule has 0 heterocycles. The van der Waals surface area contributed by atoms with Crippen molar-refractivity contribution in [3.8, 4) is 0 Å². The van der Waals surface area contributed by atoms with Gasteiger partial charge in [-0.3, -0.25) is 9.36 Å². The summed E-state index contributed by atoms with van der Waals surface area (Å²) < 4.78 is 34.8. The van der Waals surface area contributed by atoms with Crippen molar-refractivity contribution in [3.05, 3.63) is 12.2 Å². The molecule has 0 aliphatic heterocycles. The van der Waals surface area contributed by atoms with Crippen LogP contribution < -0.4 is 4.89 Å². The lowest BCUT2D eigenvalue weighted by Gasteiger charge is -2.28. The molecular formula is C52H104NO7P. The van der Waals surface area contributed by atoms with Crippen molar-refractivity contribution in [1.82, 2.24) is 0 Å². The van der Waals surface area contributed by atoms with Gasteiger partial charge in [0.15, 0.2) is 0 Å². The van der Waals surface area contributed by atoms with E-state index in [1.54, 1.807) is 0 Å². The van der Waals surface area contributed by atoms with Crippen molar-refractivity contribution in [2.75, 3.05) is 54.1 Å². The molecule has 0 spiro atoms. The number of likely N-dealkylation sites (N-methyl/N-ethyl adjacent to an activating group) is 1. The van der Waals surface area contributed by atoms with Crippen molar-refractivity contribution in [1.29, 1.82) is 0 Å². The maximum Gasteiger partial charge on any atom is 0.306 e. The highest BCUT2D eigenvalue weighted by molar-refractivity contribution is 7.45. The summed E-state index contributed by atoms with van der Waals surface area (Å²) in [5, 5.41) is 0. The zero-order valence-electron chi connectivity index (χ0n) is 41.4. The molecule has 0 fully saturated rings. The van der Waals surface area contributed by atoms with E-state index in [1.165, 1.54) is 205 Å². The van der Waals surface area contributed by atoms with Crippen LogP contribution >= 0.6 is 7.82 Å². The zero-order valence-corrected chi connectivity index (χ0v) is 42.3. The van der Waals surface area contributed by atoms with Gasteiger partial charge in [0.2, 0.25) is 0 Å². The second-order valence-corrected chi connectivity index (χ2v) is 20.7. The number of hydrogen-bond donors (Lipinski definition) is 0. The summed E-state index contributed by atoms with van der Waals surface area (Å²) in [6.07, 6.45) is 52.4. The molecule has 364 valence electrons. The lowest BCUT2D eigenvalue weighted by Crippen LogP contribution is -2.37. The Balaban J connectivity index is 4.09. The number of esters is 1. The molecule has 0 radical (unpaired) electrons. The molecule has 2 atom stereocenters. The highest BCUT2D eigenvalue weighted by Gasteiger charge is 2.20. The fourth-order valence-electron chi connectivity index (χ4n) is 7.72. The molecule has 0 saturated heterocycles. The number of allylic oxidation sites excluding steroid dienone is 2. The first-order valence-corrected chi connectivity index (χ1v) is 27.9. The molecule has 0 aromatic carbocycles. The van der Waals surface area contributed by atoms with Crippen LogP contribution in [-0.2, 0) is 27.9 Å². The Morgan fingerprint density at radius 1 is 0.492 bits per heavy atom. The Bertz CT molecular complexity index is 987.